The third kappa shape index (κ3) is 11.2. The van der Waals surface area contributed by atoms with Gasteiger partial charge in [-0.25, -0.2) is 0 Å². The van der Waals surface area contributed by atoms with E-state index in [1.807, 2.05) is 0 Å². The number of unbranched alkanes of at least 4 members (excludes halogenated alkanes) is 4. The SMILES string of the molecule is CCC=CCCCCCCOC(C)=O. The molecule has 0 amide bonds. The number of carbonyl (C=O) groups is 1. The summed E-state index contributed by atoms with van der Waals surface area (Å²) in [5.74, 6) is -0.170. The fourth-order valence-corrected chi connectivity index (χ4v) is 1.22. The molecule has 0 fully saturated rings. The number of ether oxygens (including phenoxy) is 1. The molecule has 0 aromatic carbocycles. The summed E-state index contributed by atoms with van der Waals surface area (Å²) in [5, 5.41) is 0. The number of esters is 1. The molecule has 0 radical (unpaired) electrons. The van der Waals surface area contributed by atoms with Gasteiger partial charge in [0.1, 0.15) is 0 Å². The van der Waals surface area contributed by atoms with E-state index in [4.69, 9.17) is 4.74 Å². The molecule has 0 heterocycles. The molecule has 0 saturated heterocycles. The van der Waals surface area contributed by atoms with Crippen molar-refractivity contribution in [2.24, 2.45) is 0 Å². The summed E-state index contributed by atoms with van der Waals surface area (Å²) in [7, 11) is 0. The number of carbonyl (C=O) groups excluding carboxylic acids is 1. The molecule has 2 nitrogen and oxygen atoms in total. The van der Waals surface area contributed by atoms with Crippen LogP contribution in [-0.4, -0.2) is 12.6 Å². The maximum Gasteiger partial charge on any atom is 0.302 e. The van der Waals surface area contributed by atoms with E-state index in [0.717, 1.165) is 19.3 Å². The van der Waals surface area contributed by atoms with Gasteiger partial charge in [0.15, 0.2) is 0 Å². The monoisotopic (exact) mass is 198 g/mol. The lowest BCUT2D eigenvalue weighted by atomic mass is 10.1. The van der Waals surface area contributed by atoms with Crippen LogP contribution >= 0.6 is 0 Å². The summed E-state index contributed by atoms with van der Waals surface area (Å²) < 4.78 is 4.83. The van der Waals surface area contributed by atoms with Gasteiger partial charge in [0.25, 0.3) is 0 Å². The third-order valence-electron chi connectivity index (χ3n) is 1.97. The molecule has 0 unspecified atom stereocenters. The topological polar surface area (TPSA) is 26.3 Å². The van der Waals surface area contributed by atoms with Crippen LogP contribution in [0.25, 0.3) is 0 Å². The number of rotatable bonds is 8. The van der Waals surface area contributed by atoms with E-state index in [-0.39, 0.29) is 5.97 Å². The maximum atomic E-state index is 10.4. The molecular formula is C12H22O2. The third-order valence-corrected chi connectivity index (χ3v) is 1.97. The Kier molecular flexibility index (Phi) is 9.71. The van der Waals surface area contributed by atoms with Crippen molar-refractivity contribution >= 4 is 5.97 Å². The minimum Gasteiger partial charge on any atom is -0.466 e. The molecule has 0 aliphatic heterocycles. The number of hydrogen-bond acceptors (Lipinski definition) is 2. The van der Waals surface area contributed by atoms with Gasteiger partial charge in [-0.3, -0.25) is 4.79 Å². The van der Waals surface area contributed by atoms with Crippen LogP contribution in [0.1, 0.15) is 52.4 Å². The maximum absolute atomic E-state index is 10.4. The Hall–Kier alpha value is -0.790. The highest BCUT2D eigenvalue weighted by molar-refractivity contribution is 5.65. The van der Waals surface area contributed by atoms with E-state index >= 15 is 0 Å². The molecule has 0 aliphatic carbocycles. The van der Waals surface area contributed by atoms with E-state index in [1.165, 1.54) is 26.2 Å². The molecule has 14 heavy (non-hydrogen) atoms. The summed E-state index contributed by atoms with van der Waals surface area (Å²) >= 11 is 0. The van der Waals surface area contributed by atoms with Crippen LogP contribution in [0.15, 0.2) is 12.2 Å². The van der Waals surface area contributed by atoms with Gasteiger partial charge in [0, 0.05) is 6.92 Å². The number of hydrogen-bond donors (Lipinski definition) is 0. The first kappa shape index (κ1) is 13.2. The Labute approximate surface area is 87.3 Å². The Morgan fingerprint density at radius 3 is 2.50 bits per heavy atom. The predicted octanol–water partition coefficient (Wildman–Crippen LogP) is 3.47. The van der Waals surface area contributed by atoms with Gasteiger partial charge in [-0.2, -0.15) is 0 Å². The zero-order chi connectivity index (χ0) is 10.6. The molecule has 0 atom stereocenters. The fourth-order valence-electron chi connectivity index (χ4n) is 1.22. The summed E-state index contributed by atoms with van der Waals surface area (Å²) in [6, 6.07) is 0. The lowest BCUT2D eigenvalue weighted by Crippen LogP contribution is -1.99. The fraction of sp³-hybridized carbons (Fsp3) is 0.750. The summed E-state index contributed by atoms with van der Waals surface area (Å²) in [6.07, 6.45) is 11.4. The first-order valence-electron chi connectivity index (χ1n) is 5.55. The van der Waals surface area contributed by atoms with Crippen LogP contribution in [0.4, 0.5) is 0 Å². The lowest BCUT2D eigenvalue weighted by Gasteiger charge is -2.00. The average Bonchev–Trinajstić information content (AvgIpc) is 2.15. The zero-order valence-electron chi connectivity index (χ0n) is 9.42. The Morgan fingerprint density at radius 1 is 1.14 bits per heavy atom. The first-order chi connectivity index (χ1) is 6.77. The van der Waals surface area contributed by atoms with Crippen LogP contribution in [0.5, 0.6) is 0 Å². The van der Waals surface area contributed by atoms with Gasteiger partial charge in [-0.1, -0.05) is 31.9 Å². The average molecular weight is 198 g/mol. The van der Waals surface area contributed by atoms with Crippen molar-refractivity contribution in [1.29, 1.82) is 0 Å². The zero-order valence-corrected chi connectivity index (χ0v) is 9.42. The van der Waals surface area contributed by atoms with Gasteiger partial charge < -0.3 is 4.74 Å². The highest BCUT2D eigenvalue weighted by atomic mass is 16.5. The number of allylic oxidation sites excluding steroid dienone is 2. The van der Waals surface area contributed by atoms with Gasteiger partial charge in [-0.05, 0) is 25.7 Å². The molecule has 2 heteroatoms. The molecular weight excluding hydrogens is 176 g/mol. The smallest absolute Gasteiger partial charge is 0.302 e. The molecule has 0 aromatic heterocycles. The van der Waals surface area contributed by atoms with Crippen LogP contribution < -0.4 is 0 Å². The minimum atomic E-state index is -0.170. The second-order valence-corrected chi connectivity index (χ2v) is 3.42. The van der Waals surface area contributed by atoms with Gasteiger partial charge in [-0.15, -0.1) is 0 Å². The first-order valence-corrected chi connectivity index (χ1v) is 5.55. The molecule has 0 spiro atoms. The van der Waals surface area contributed by atoms with Crippen LogP contribution in [-0.2, 0) is 9.53 Å². The Bertz CT molecular complexity index is 162. The van der Waals surface area contributed by atoms with Gasteiger partial charge in [0.05, 0.1) is 6.61 Å². The Balaban J connectivity index is 2.99. The van der Waals surface area contributed by atoms with E-state index in [2.05, 4.69) is 19.1 Å². The van der Waals surface area contributed by atoms with E-state index in [9.17, 15) is 4.79 Å². The van der Waals surface area contributed by atoms with Crippen molar-refractivity contribution in [2.45, 2.75) is 52.4 Å². The second kappa shape index (κ2) is 10.3. The lowest BCUT2D eigenvalue weighted by molar-refractivity contribution is -0.141. The van der Waals surface area contributed by atoms with E-state index in [1.54, 1.807) is 0 Å². The van der Waals surface area contributed by atoms with Crippen LogP contribution in [0, 0.1) is 0 Å². The molecule has 0 saturated carbocycles. The van der Waals surface area contributed by atoms with Crippen LogP contribution in [0.3, 0.4) is 0 Å². The van der Waals surface area contributed by atoms with Crippen molar-refractivity contribution in [3.63, 3.8) is 0 Å². The van der Waals surface area contributed by atoms with Gasteiger partial charge in [0.2, 0.25) is 0 Å². The summed E-state index contributed by atoms with van der Waals surface area (Å²) in [6.45, 7) is 4.19. The summed E-state index contributed by atoms with van der Waals surface area (Å²) in [4.78, 5) is 10.4. The normalized spacial score (nSPS) is 10.7. The standard InChI is InChI=1S/C12H22O2/c1-3-4-5-6-7-8-9-10-11-14-12(2)13/h4-5H,3,6-11H2,1-2H3. The largest absolute Gasteiger partial charge is 0.466 e. The van der Waals surface area contributed by atoms with Crippen molar-refractivity contribution in [1.82, 2.24) is 0 Å². The van der Waals surface area contributed by atoms with Crippen molar-refractivity contribution in [2.75, 3.05) is 6.61 Å². The van der Waals surface area contributed by atoms with Gasteiger partial charge >= 0.3 is 5.97 Å². The van der Waals surface area contributed by atoms with Crippen molar-refractivity contribution in [3.8, 4) is 0 Å². The quantitative estimate of drug-likeness (QED) is 0.339. The highest BCUT2D eigenvalue weighted by Crippen LogP contribution is 2.04. The molecule has 0 rings (SSSR count). The highest BCUT2D eigenvalue weighted by Gasteiger charge is 1.92. The minimum absolute atomic E-state index is 0.170. The van der Waals surface area contributed by atoms with Crippen molar-refractivity contribution in [3.05, 3.63) is 12.2 Å². The molecule has 0 bridgehead atoms. The van der Waals surface area contributed by atoms with E-state index < -0.39 is 0 Å². The molecule has 82 valence electrons. The predicted molar refractivity (Wildman–Crippen MR) is 59.1 cm³/mol. The molecule has 0 aromatic rings. The van der Waals surface area contributed by atoms with Crippen molar-refractivity contribution < 1.29 is 9.53 Å². The van der Waals surface area contributed by atoms with Crippen LogP contribution in [0.2, 0.25) is 0 Å². The molecule has 0 N–H and O–H groups in total. The summed E-state index contributed by atoms with van der Waals surface area (Å²) in [5.41, 5.74) is 0. The molecule has 0 aliphatic rings. The van der Waals surface area contributed by atoms with E-state index in [0.29, 0.717) is 6.61 Å². The second-order valence-electron chi connectivity index (χ2n) is 3.42. The Morgan fingerprint density at radius 2 is 1.86 bits per heavy atom.